The summed E-state index contributed by atoms with van der Waals surface area (Å²) in [5.74, 6) is 5.38. The van der Waals surface area contributed by atoms with Crippen LogP contribution in [0, 0.1) is 11.8 Å². The van der Waals surface area contributed by atoms with Crippen LogP contribution >= 0.6 is 11.8 Å². The second kappa shape index (κ2) is 6.82. The van der Waals surface area contributed by atoms with Gasteiger partial charge in [0, 0.05) is 20.8 Å². The summed E-state index contributed by atoms with van der Waals surface area (Å²) in [5, 5.41) is 8.94. The molecule has 126 valence electrons. The van der Waals surface area contributed by atoms with Crippen molar-refractivity contribution in [3.8, 4) is 11.8 Å². The van der Waals surface area contributed by atoms with Crippen molar-refractivity contribution in [3.63, 3.8) is 0 Å². The average molecular weight is 348 g/mol. The summed E-state index contributed by atoms with van der Waals surface area (Å²) in [5.41, 5.74) is 4.70. The molecule has 0 spiro atoms. The van der Waals surface area contributed by atoms with Crippen LogP contribution in [0.15, 0.2) is 53.4 Å². The Kier molecular flexibility index (Phi) is 4.74. The van der Waals surface area contributed by atoms with E-state index in [0.29, 0.717) is 0 Å². The van der Waals surface area contributed by atoms with Crippen LogP contribution < -0.4 is 0 Å². The number of allylic oxidation sites excluding steroid dienone is 1. The highest BCUT2D eigenvalue weighted by atomic mass is 32.2. The summed E-state index contributed by atoms with van der Waals surface area (Å²) in [6, 6.07) is 13.0. The molecule has 25 heavy (non-hydrogen) atoms. The molecule has 1 N–H and O–H groups in total. The van der Waals surface area contributed by atoms with E-state index < -0.39 is 5.97 Å². The van der Waals surface area contributed by atoms with Gasteiger partial charge in [-0.2, -0.15) is 0 Å². The molecule has 1 heterocycles. The number of hydrogen-bond donors (Lipinski definition) is 1. The number of hydrogen-bond acceptors (Lipinski definition) is 2. The Morgan fingerprint density at radius 1 is 1.08 bits per heavy atom. The zero-order chi connectivity index (χ0) is 18.0. The van der Waals surface area contributed by atoms with Crippen molar-refractivity contribution in [3.05, 3.63) is 70.8 Å². The smallest absolute Gasteiger partial charge is 0.335 e. The van der Waals surface area contributed by atoms with Gasteiger partial charge >= 0.3 is 5.97 Å². The number of carboxylic acid groups (broad SMARTS) is 1. The lowest BCUT2D eigenvalue weighted by Gasteiger charge is -2.29. The van der Waals surface area contributed by atoms with Gasteiger partial charge in [0.2, 0.25) is 0 Å². The molecule has 0 saturated heterocycles. The van der Waals surface area contributed by atoms with E-state index in [0.717, 1.165) is 17.5 Å². The Hall–Kier alpha value is -2.44. The van der Waals surface area contributed by atoms with Crippen LogP contribution in [-0.2, 0) is 0 Å². The van der Waals surface area contributed by atoms with Gasteiger partial charge in [0.1, 0.15) is 0 Å². The number of benzene rings is 2. The molecule has 0 unspecified atom stereocenters. The van der Waals surface area contributed by atoms with Crippen LogP contribution in [0.5, 0.6) is 0 Å². The van der Waals surface area contributed by atoms with Crippen molar-refractivity contribution in [1.82, 2.24) is 0 Å². The van der Waals surface area contributed by atoms with E-state index in [1.54, 1.807) is 24.3 Å². The molecule has 3 heteroatoms. The Labute approximate surface area is 153 Å². The predicted molar refractivity (Wildman–Crippen MR) is 104 cm³/mol. The zero-order valence-electron chi connectivity index (χ0n) is 14.6. The molecule has 0 aliphatic carbocycles. The molecule has 0 fully saturated rings. The zero-order valence-corrected chi connectivity index (χ0v) is 15.4. The number of aromatic carboxylic acids is 1. The SMILES string of the molecule is CCC1=CC(C)(C)Sc2ccc(C#Cc3ccc(C(=O)O)cc3)cc21. The Morgan fingerprint density at radius 2 is 1.72 bits per heavy atom. The first-order valence-corrected chi connectivity index (χ1v) is 9.10. The second-order valence-electron chi connectivity index (χ2n) is 6.57. The Bertz CT molecular complexity index is 909. The molecular weight excluding hydrogens is 328 g/mol. The van der Waals surface area contributed by atoms with E-state index in [-0.39, 0.29) is 10.3 Å². The summed E-state index contributed by atoms with van der Waals surface area (Å²) in [7, 11) is 0. The third-order valence-corrected chi connectivity index (χ3v) is 5.30. The third-order valence-electron chi connectivity index (χ3n) is 4.08. The molecule has 0 saturated carbocycles. The van der Waals surface area contributed by atoms with Crippen molar-refractivity contribution in [2.75, 3.05) is 0 Å². The highest BCUT2D eigenvalue weighted by Gasteiger charge is 2.25. The van der Waals surface area contributed by atoms with E-state index >= 15 is 0 Å². The van der Waals surface area contributed by atoms with Crippen LogP contribution in [-0.4, -0.2) is 15.8 Å². The highest BCUT2D eigenvalue weighted by molar-refractivity contribution is 8.01. The predicted octanol–water partition coefficient (Wildman–Crippen LogP) is 5.46. The number of carboxylic acids is 1. The van der Waals surface area contributed by atoms with Crippen molar-refractivity contribution >= 4 is 23.3 Å². The molecule has 3 rings (SSSR count). The lowest BCUT2D eigenvalue weighted by atomic mass is 9.96. The molecule has 0 bridgehead atoms. The first kappa shape index (κ1) is 17.4. The van der Waals surface area contributed by atoms with E-state index in [9.17, 15) is 4.79 Å². The van der Waals surface area contributed by atoms with E-state index in [2.05, 4.69) is 56.9 Å². The van der Waals surface area contributed by atoms with Crippen molar-refractivity contribution in [1.29, 1.82) is 0 Å². The fourth-order valence-electron chi connectivity index (χ4n) is 2.89. The standard InChI is InChI=1S/C22H20O2S/c1-4-17-14-22(2,3)25-20-12-9-16(13-19(17)20)6-5-15-7-10-18(11-8-15)21(23)24/h7-14H,4H2,1-3H3,(H,23,24). The van der Waals surface area contributed by atoms with E-state index in [4.69, 9.17) is 5.11 Å². The molecule has 1 aliphatic heterocycles. The van der Waals surface area contributed by atoms with Gasteiger partial charge in [0.15, 0.2) is 0 Å². The molecule has 2 aromatic carbocycles. The van der Waals surface area contributed by atoms with Crippen molar-refractivity contribution in [2.45, 2.75) is 36.8 Å². The molecule has 0 atom stereocenters. The Balaban J connectivity index is 1.90. The summed E-state index contributed by atoms with van der Waals surface area (Å²) < 4.78 is 0.122. The number of rotatable bonds is 2. The molecule has 0 radical (unpaired) electrons. The number of thioether (sulfide) groups is 1. The van der Waals surface area contributed by atoms with E-state index in [1.165, 1.54) is 16.0 Å². The van der Waals surface area contributed by atoms with Crippen LogP contribution in [0.4, 0.5) is 0 Å². The highest BCUT2D eigenvalue weighted by Crippen LogP contribution is 2.44. The monoisotopic (exact) mass is 348 g/mol. The first-order valence-electron chi connectivity index (χ1n) is 8.28. The summed E-state index contributed by atoms with van der Waals surface area (Å²) in [6.45, 7) is 6.67. The largest absolute Gasteiger partial charge is 0.478 e. The molecule has 2 nitrogen and oxygen atoms in total. The minimum atomic E-state index is -0.923. The van der Waals surface area contributed by atoms with Crippen LogP contribution in [0.1, 0.15) is 54.2 Å². The van der Waals surface area contributed by atoms with Gasteiger partial charge < -0.3 is 5.11 Å². The van der Waals surface area contributed by atoms with Gasteiger partial charge in [0.05, 0.1) is 5.56 Å². The van der Waals surface area contributed by atoms with Gasteiger partial charge in [-0.05, 0) is 73.9 Å². The quantitative estimate of drug-likeness (QED) is 0.732. The topological polar surface area (TPSA) is 37.3 Å². The average Bonchev–Trinajstić information content (AvgIpc) is 2.59. The second-order valence-corrected chi connectivity index (χ2v) is 8.27. The van der Waals surface area contributed by atoms with Crippen LogP contribution in [0.3, 0.4) is 0 Å². The Morgan fingerprint density at radius 3 is 2.36 bits per heavy atom. The summed E-state index contributed by atoms with van der Waals surface area (Å²) in [6.07, 6.45) is 3.35. The summed E-state index contributed by atoms with van der Waals surface area (Å²) >= 11 is 1.88. The molecule has 0 amide bonds. The number of carbonyl (C=O) groups is 1. The minimum absolute atomic E-state index is 0.122. The normalized spacial score (nSPS) is 14.8. The molecule has 2 aromatic rings. The van der Waals surface area contributed by atoms with Gasteiger partial charge in [-0.3, -0.25) is 0 Å². The van der Waals surface area contributed by atoms with Crippen LogP contribution in [0.25, 0.3) is 5.57 Å². The molecular formula is C22H20O2S. The molecule has 0 aromatic heterocycles. The first-order chi connectivity index (χ1) is 11.9. The van der Waals surface area contributed by atoms with E-state index in [1.807, 2.05) is 11.8 Å². The van der Waals surface area contributed by atoms with Crippen molar-refractivity contribution in [2.24, 2.45) is 0 Å². The fourth-order valence-corrected chi connectivity index (χ4v) is 4.09. The lowest BCUT2D eigenvalue weighted by Crippen LogP contribution is -2.15. The van der Waals surface area contributed by atoms with Gasteiger partial charge in [-0.25, -0.2) is 4.79 Å². The maximum atomic E-state index is 10.9. The number of fused-ring (bicyclic) bond motifs is 1. The summed E-state index contributed by atoms with van der Waals surface area (Å²) in [4.78, 5) is 12.2. The van der Waals surface area contributed by atoms with Gasteiger partial charge in [-0.1, -0.05) is 24.8 Å². The maximum Gasteiger partial charge on any atom is 0.335 e. The van der Waals surface area contributed by atoms with Gasteiger partial charge in [-0.15, -0.1) is 11.8 Å². The molecule has 1 aliphatic rings. The van der Waals surface area contributed by atoms with Crippen LogP contribution in [0.2, 0.25) is 0 Å². The van der Waals surface area contributed by atoms with Gasteiger partial charge in [0.25, 0.3) is 0 Å². The maximum absolute atomic E-state index is 10.9. The third kappa shape index (κ3) is 3.97. The lowest BCUT2D eigenvalue weighted by molar-refractivity contribution is 0.0697. The fraction of sp³-hybridized carbons (Fsp3) is 0.227. The van der Waals surface area contributed by atoms with Crippen molar-refractivity contribution < 1.29 is 9.90 Å². The minimum Gasteiger partial charge on any atom is -0.478 e.